The van der Waals surface area contributed by atoms with E-state index in [9.17, 15) is 18.0 Å². The lowest BCUT2D eigenvalue weighted by molar-refractivity contribution is -0.208. The van der Waals surface area contributed by atoms with Gasteiger partial charge in [0.2, 0.25) is 0 Å². The number of hydrogen-bond donors (Lipinski definition) is 2. The van der Waals surface area contributed by atoms with E-state index in [4.69, 9.17) is 33.4 Å². The topological polar surface area (TPSA) is 57.5 Å². The Kier molecular flexibility index (Phi) is 8.49. The first-order valence-corrected chi connectivity index (χ1v) is 3.72. The highest BCUT2D eigenvalue weighted by Crippen LogP contribution is 2.06. The van der Waals surface area contributed by atoms with Gasteiger partial charge in [0.15, 0.2) is 6.67 Å². The Morgan fingerprint density at radius 3 is 1.77 bits per heavy atom. The largest absolute Gasteiger partial charge is 0.481 e. The summed E-state index contributed by atoms with van der Waals surface area (Å²) in [6.07, 6.45) is -4.32. The Morgan fingerprint density at radius 2 is 1.77 bits per heavy atom. The Labute approximate surface area is 82.1 Å². The molecule has 0 aromatic heterocycles. The molecule has 0 aliphatic heterocycles. The normalized spacial score (nSPS) is 10.7. The van der Waals surface area contributed by atoms with Gasteiger partial charge in [-0.25, -0.2) is 4.39 Å². The summed E-state index contributed by atoms with van der Waals surface area (Å²) in [5.74, 6) is -0.977. The highest BCUT2D eigenvalue weighted by Gasteiger charge is 2.22. The fourth-order valence-corrected chi connectivity index (χ4v) is 0.396. The van der Waals surface area contributed by atoms with Crippen molar-refractivity contribution in [2.75, 3.05) is 6.67 Å². The van der Waals surface area contributed by atoms with E-state index in [0.29, 0.717) is 0 Å². The third kappa shape index (κ3) is 24.5. The van der Waals surface area contributed by atoms with Gasteiger partial charge in [0.25, 0.3) is 0 Å². The van der Waals surface area contributed by atoms with E-state index < -0.39 is 23.6 Å². The second-order valence-corrected chi connectivity index (χ2v) is 3.07. The van der Waals surface area contributed by atoms with Crippen LogP contribution in [0.2, 0.25) is 0 Å². The van der Waals surface area contributed by atoms with Crippen molar-refractivity contribution in [3.05, 3.63) is 0 Å². The molecule has 0 saturated carbocycles. The summed E-state index contributed by atoms with van der Waals surface area (Å²) in [4.78, 5) is 8.86. The Morgan fingerprint density at radius 1 is 1.46 bits per heavy atom. The SMILES string of the molecule is O=C(O)CC(Cl)Cl.OC(F)(F)CF. The zero-order chi connectivity index (χ0) is 11.1. The maximum Gasteiger partial charge on any atom is 0.381 e. The van der Waals surface area contributed by atoms with Crippen LogP contribution in [-0.2, 0) is 4.79 Å². The van der Waals surface area contributed by atoms with Gasteiger partial charge < -0.3 is 10.2 Å². The molecule has 2 N–H and O–H groups in total. The lowest BCUT2D eigenvalue weighted by Gasteiger charge is -1.97. The van der Waals surface area contributed by atoms with Crippen molar-refractivity contribution in [1.82, 2.24) is 0 Å². The lowest BCUT2D eigenvalue weighted by Crippen LogP contribution is -2.15. The maximum absolute atomic E-state index is 10.6. The fourth-order valence-electron chi connectivity index (χ4n) is 0.132. The zero-order valence-corrected chi connectivity index (χ0v) is 7.70. The van der Waals surface area contributed by atoms with Crippen LogP contribution in [0.5, 0.6) is 0 Å². The summed E-state index contributed by atoms with van der Waals surface area (Å²) in [5, 5.41) is 15.0. The number of carboxylic acids is 1. The number of alkyl halides is 5. The van der Waals surface area contributed by atoms with E-state index >= 15 is 0 Å². The molecule has 8 heteroatoms. The number of aliphatic hydroxyl groups is 1. The Hall–Kier alpha value is -0.200. The van der Waals surface area contributed by atoms with E-state index in [0.717, 1.165) is 0 Å². The molecule has 0 bridgehead atoms. The van der Waals surface area contributed by atoms with E-state index in [1.165, 1.54) is 0 Å². The van der Waals surface area contributed by atoms with Crippen LogP contribution in [0, 0.1) is 0 Å². The molecule has 0 atom stereocenters. The van der Waals surface area contributed by atoms with Crippen molar-refractivity contribution >= 4 is 29.2 Å². The molecule has 0 aromatic rings. The smallest absolute Gasteiger partial charge is 0.381 e. The van der Waals surface area contributed by atoms with Crippen molar-refractivity contribution in [3.8, 4) is 0 Å². The van der Waals surface area contributed by atoms with Crippen molar-refractivity contribution in [2.24, 2.45) is 0 Å². The minimum Gasteiger partial charge on any atom is -0.481 e. The third-order valence-electron chi connectivity index (χ3n) is 0.490. The molecule has 0 saturated heterocycles. The predicted octanol–water partition coefficient (Wildman–Crippen LogP) is 1.81. The number of rotatable bonds is 3. The number of aliphatic carboxylic acids is 1. The van der Waals surface area contributed by atoms with E-state index in [1.54, 1.807) is 0 Å². The highest BCUT2D eigenvalue weighted by atomic mass is 35.5. The van der Waals surface area contributed by atoms with Crippen molar-refractivity contribution in [1.29, 1.82) is 0 Å². The summed E-state index contributed by atoms with van der Waals surface area (Å²) < 4.78 is 31.8. The van der Waals surface area contributed by atoms with Gasteiger partial charge in [-0.05, 0) is 0 Å². The molecule has 0 aromatic carbocycles. The molecule has 0 rings (SSSR count). The minimum atomic E-state index is -4.12. The molecule has 0 fully saturated rings. The molecule has 0 heterocycles. The minimum absolute atomic E-state index is 0.191. The monoisotopic (exact) mass is 242 g/mol. The average molecular weight is 243 g/mol. The van der Waals surface area contributed by atoms with Crippen molar-refractivity contribution in [2.45, 2.75) is 17.4 Å². The van der Waals surface area contributed by atoms with Crippen LogP contribution in [-0.4, -0.2) is 33.8 Å². The Balaban J connectivity index is 0. The van der Waals surface area contributed by atoms with Gasteiger partial charge in [-0.15, -0.1) is 23.2 Å². The summed E-state index contributed by atoms with van der Waals surface area (Å²) >= 11 is 10.1. The van der Waals surface area contributed by atoms with Gasteiger partial charge in [0.1, 0.15) is 4.84 Å². The maximum atomic E-state index is 10.6. The molecular weight excluding hydrogens is 236 g/mol. The predicted molar refractivity (Wildman–Crippen MR) is 40.9 cm³/mol. The lowest BCUT2D eigenvalue weighted by atomic mass is 10.5. The van der Waals surface area contributed by atoms with Crippen LogP contribution in [0.15, 0.2) is 0 Å². The van der Waals surface area contributed by atoms with Gasteiger partial charge in [0, 0.05) is 0 Å². The first-order chi connectivity index (χ1) is 5.69. The van der Waals surface area contributed by atoms with Crippen LogP contribution in [0.25, 0.3) is 0 Å². The fraction of sp³-hybridized carbons (Fsp3) is 0.800. The summed E-state index contributed by atoms with van der Waals surface area (Å²) in [6.45, 7) is -2.01. The number of hydrogen-bond acceptors (Lipinski definition) is 2. The van der Waals surface area contributed by atoms with Crippen LogP contribution >= 0.6 is 23.2 Å². The first-order valence-electron chi connectivity index (χ1n) is 2.85. The molecule has 0 spiro atoms. The quantitative estimate of drug-likeness (QED) is 0.743. The van der Waals surface area contributed by atoms with E-state index in [-0.39, 0.29) is 6.42 Å². The van der Waals surface area contributed by atoms with Crippen molar-refractivity contribution < 1.29 is 28.2 Å². The molecule has 0 unspecified atom stereocenters. The van der Waals surface area contributed by atoms with Gasteiger partial charge in [0.05, 0.1) is 6.42 Å². The summed E-state index contributed by atoms with van der Waals surface area (Å²) in [6, 6.07) is 0. The molecule has 0 aliphatic rings. The molecule has 13 heavy (non-hydrogen) atoms. The zero-order valence-electron chi connectivity index (χ0n) is 6.18. The van der Waals surface area contributed by atoms with Crippen molar-refractivity contribution in [3.63, 3.8) is 0 Å². The van der Waals surface area contributed by atoms with Crippen LogP contribution in [0.1, 0.15) is 6.42 Å². The van der Waals surface area contributed by atoms with Gasteiger partial charge >= 0.3 is 12.1 Å². The van der Waals surface area contributed by atoms with Crippen LogP contribution < -0.4 is 0 Å². The molecule has 80 valence electrons. The number of halogens is 5. The number of carbonyl (C=O) groups is 1. The molecule has 0 radical (unpaired) electrons. The summed E-state index contributed by atoms with van der Waals surface area (Å²) in [5.41, 5.74) is 0. The first kappa shape index (κ1) is 15.3. The van der Waals surface area contributed by atoms with Gasteiger partial charge in [-0.3, -0.25) is 4.79 Å². The summed E-state index contributed by atoms with van der Waals surface area (Å²) in [7, 11) is 0. The average Bonchev–Trinajstić information content (AvgIpc) is 1.84. The second-order valence-electron chi connectivity index (χ2n) is 1.79. The second kappa shape index (κ2) is 7.23. The molecule has 0 amide bonds. The molecule has 3 nitrogen and oxygen atoms in total. The van der Waals surface area contributed by atoms with Gasteiger partial charge in [-0.1, -0.05) is 0 Å². The Bertz CT molecular complexity index is 148. The van der Waals surface area contributed by atoms with Crippen LogP contribution in [0.3, 0.4) is 0 Å². The molecular formula is C5H7Cl2F3O3. The third-order valence-corrected chi connectivity index (χ3v) is 0.798. The van der Waals surface area contributed by atoms with Crippen LogP contribution in [0.4, 0.5) is 13.2 Å². The molecule has 0 aliphatic carbocycles. The number of carboxylic acid groups (broad SMARTS) is 1. The van der Waals surface area contributed by atoms with Gasteiger partial charge in [-0.2, -0.15) is 8.78 Å². The highest BCUT2D eigenvalue weighted by molar-refractivity contribution is 6.44. The van der Waals surface area contributed by atoms with E-state index in [1.807, 2.05) is 0 Å². The van der Waals surface area contributed by atoms with E-state index in [2.05, 4.69) is 0 Å². The standard InChI is InChI=1S/C3H4Cl2O2.C2H3F3O/c4-2(5)1-3(6)7;3-1-2(4,5)6/h2H,1H2,(H,6,7);6H,1H2.